The topological polar surface area (TPSA) is 85.2 Å². The Balaban J connectivity index is 1.68. The minimum atomic E-state index is -0.306. The molecular formula is C14H17N3O2. The molecule has 1 aromatic carbocycles. The van der Waals surface area contributed by atoms with E-state index in [2.05, 4.69) is 17.1 Å². The van der Waals surface area contributed by atoms with E-state index in [4.69, 9.17) is 10.3 Å². The average Bonchev–Trinajstić information content (AvgIpc) is 2.93. The molecule has 3 atom stereocenters. The standard InChI is InChI=1S/C14H17N3O2/c1-8-6-11(8)13-16-14(19-17-13)12(15)7-9-2-4-10(18)5-3-9/h2-5,8,11-12,18H,6-7,15H2,1H3/t8?,11?,12-/m0/s1. The Morgan fingerprint density at radius 3 is 2.74 bits per heavy atom. The van der Waals surface area contributed by atoms with E-state index in [0.717, 1.165) is 17.8 Å². The van der Waals surface area contributed by atoms with Crippen LogP contribution in [0.3, 0.4) is 0 Å². The number of phenolic OH excluding ortho intramolecular Hbond substituents is 1. The van der Waals surface area contributed by atoms with E-state index in [9.17, 15) is 5.11 Å². The lowest BCUT2D eigenvalue weighted by Crippen LogP contribution is -2.13. The number of aromatic nitrogens is 2. The Labute approximate surface area is 111 Å². The number of phenols is 1. The number of nitrogens with zero attached hydrogens (tertiary/aromatic N) is 2. The van der Waals surface area contributed by atoms with Crippen molar-refractivity contribution in [2.45, 2.75) is 31.7 Å². The summed E-state index contributed by atoms with van der Waals surface area (Å²) >= 11 is 0. The first-order valence-corrected chi connectivity index (χ1v) is 6.50. The molecule has 3 rings (SSSR count). The van der Waals surface area contributed by atoms with Crippen LogP contribution in [0.5, 0.6) is 5.75 Å². The number of rotatable bonds is 4. The van der Waals surface area contributed by atoms with Gasteiger partial charge in [-0.15, -0.1) is 0 Å². The van der Waals surface area contributed by atoms with Gasteiger partial charge in [-0.1, -0.05) is 24.2 Å². The molecule has 0 saturated heterocycles. The zero-order valence-corrected chi connectivity index (χ0v) is 10.8. The van der Waals surface area contributed by atoms with E-state index >= 15 is 0 Å². The Kier molecular flexibility index (Phi) is 2.98. The van der Waals surface area contributed by atoms with Gasteiger partial charge in [0.25, 0.3) is 0 Å². The Morgan fingerprint density at radius 2 is 2.11 bits per heavy atom. The molecule has 1 saturated carbocycles. The predicted octanol–water partition coefficient (Wildman–Crippen LogP) is 2.14. The quantitative estimate of drug-likeness (QED) is 0.878. The lowest BCUT2D eigenvalue weighted by molar-refractivity contribution is 0.350. The highest BCUT2D eigenvalue weighted by atomic mass is 16.5. The fraction of sp³-hybridized carbons (Fsp3) is 0.429. The van der Waals surface area contributed by atoms with Gasteiger partial charge in [0.05, 0.1) is 6.04 Å². The van der Waals surface area contributed by atoms with E-state index in [1.807, 2.05) is 12.1 Å². The van der Waals surface area contributed by atoms with Crippen molar-refractivity contribution in [3.8, 4) is 5.75 Å². The van der Waals surface area contributed by atoms with Crippen LogP contribution in [-0.4, -0.2) is 15.2 Å². The number of aromatic hydroxyl groups is 1. The van der Waals surface area contributed by atoms with Crippen LogP contribution >= 0.6 is 0 Å². The van der Waals surface area contributed by atoms with Crippen molar-refractivity contribution in [2.24, 2.45) is 11.7 Å². The maximum atomic E-state index is 9.23. The third-order valence-corrected chi connectivity index (χ3v) is 3.61. The van der Waals surface area contributed by atoms with E-state index in [1.165, 1.54) is 0 Å². The Hall–Kier alpha value is -1.88. The van der Waals surface area contributed by atoms with Gasteiger partial charge in [-0.25, -0.2) is 0 Å². The van der Waals surface area contributed by atoms with Gasteiger partial charge in [-0.3, -0.25) is 0 Å². The van der Waals surface area contributed by atoms with Crippen LogP contribution in [0.4, 0.5) is 0 Å². The fourth-order valence-electron chi connectivity index (χ4n) is 2.20. The molecule has 5 heteroatoms. The van der Waals surface area contributed by atoms with Crippen molar-refractivity contribution >= 4 is 0 Å². The molecule has 1 aliphatic rings. The van der Waals surface area contributed by atoms with Gasteiger partial charge in [0.2, 0.25) is 5.89 Å². The molecule has 19 heavy (non-hydrogen) atoms. The number of hydrogen-bond acceptors (Lipinski definition) is 5. The molecule has 100 valence electrons. The van der Waals surface area contributed by atoms with Crippen molar-refractivity contribution < 1.29 is 9.63 Å². The van der Waals surface area contributed by atoms with Gasteiger partial charge >= 0.3 is 0 Å². The summed E-state index contributed by atoms with van der Waals surface area (Å²) in [6, 6.07) is 6.67. The van der Waals surface area contributed by atoms with Crippen molar-refractivity contribution in [3.05, 3.63) is 41.5 Å². The van der Waals surface area contributed by atoms with Crippen molar-refractivity contribution in [1.82, 2.24) is 10.1 Å². The SMILES string of the molecule is CC1CC1c1noc([C@@H](N)Cc2ccc(O)cc2)n1. The highest BCUT2D eigenvalue weighted by Gasteiger charge is 2.38. The van der Waals surface area contributed by atoms with Gasteiger partial charge in [0.15, 0.2) is 5.82 Å². The molecule has 0 bridgehead atoms. The van der Waals surface area contributed by atoms with E-state index in [1.54, 1.807) is 12.1 Å². The molecule has 5 nitrogen and oxygen atoms in total. The summed E-state index contributed by atoms with van der Waals surface area (Å²) < 4.78 is 5.24. The number of nitrogens with two attached hydrogens (primary N) is 1. The lowest BCUT2D eigenvalue weighted by Gasteiger charge is -2.06. The molecule has 3 N–H and O–H groups in total. The summed E-state index contributed by atoms with van der Waals surface area (Å²) in [5.41, 5.74) is 7.11. The molecule has 0 radical (unpaired) electrons. The summed E-state index contributed by atoms with van der Waals surface area (Å²) in [4.78, 5) is 4.38. The normalized spacial score (nSPS) is 23.3. The molecule has 0 amide bonds. The third-order valence-electron chi connectivity index (χ3n) is 3.61. The van der Waals surface area contributed by atoms with E-state index in [-0.39, 0.29) is 11.8 Å². The first-order valence-electron chi connectivity index (χ1n) is 6.50. The molecule has 0 aliphatic heterocycles. The lowest BCUT2D eigenvalue weighted by atomic mass is 10.1. The van der Waals surface area contributed by atoms with Gasteiger partial charge in [0.1, 0.15) is 5.75 Å². The van der Waals surface area contributed by atoms with Crippen molar-refractivity contribution in [2.75, 3.05) is 0 Å². The third kappa shape index (κ3) is 2.61. The van der Waals surface area contributed by atoms with E-state index in [0.29, 0.717) is 24.1 Å². The van der Waals surface area contributed by atoms with Crippen LogP contribution in [0.1, 0.15) is 42.6 Å². The van der Waals surface area contributed by atoms with Crippen LogP contribution in [-0.2, 0) is 6.42 Å². The summed E-state index contributed by atoms with van der Waals surface area (Å²) in [5.74, 6) is 2.61. The average molecular weight is 259 g/mol. The number of benzene rings is 1. The van der Waals surface area contributed by atoms with Crippen LogP contribution in [0.15, 0.2) is 28.8 Å². The fourth-order valence-corrected chi connectivity index (χ4v) is 2.20. The monoisotopic (exact) mass is 259 g/mol. The molecule has 2 aromatic rings. The van der Waals surface area contributed by atoms with Crippen LogP contribution < -0.4 is 5.73 Å². The molecule has 2 unspecified atom stereocenters. The van der Waals surface area contributed by atoms with Crippen LogP contribution in [0.2, 0.25) is 0 Å². The Morgan fingerprint density at radius 1 is 1.42 bits per heavy atom. The van der Waals surface area contributed by atoms with Crippen LogP contribution in [0, 0.1) is 5.92 Å². The molecule has 1 aromatic heterocycles. The second-order valence-electron chi connectivity index (χ2n) is 5.29. The summed E-state index contributed by atoms with van der Waals surface area (Å²) in [6.45, 7) is 2.18. The smallest absolute Gasteiger partial charge is 0.243 e. The van der Waals surface area contributed by atoms with Crippen LogP contribution in [0.25, 0.3) is 0 Å². The largest absolute Gasteiger partial charge is 0.508 e. The summed E-state index contributed by atoms with van der Waals surface area (Å²) in [5, 5.41) is 13.2. The maximum absolute atomic E-state index is 9.23. The predicted molar refractivity (Wildman–Crippen MR) is 69.6 cm³/mol. The number of hydrogen-bond donors (Lipinski definition) is 2. The van der Waals surface area contributed by atoms with Gasteiger partial charge < -0.3 is 15.4 Å². The molecule has 1 heterocycles. The highest BCUT2D eigenvalue weighted by Crippen LogP contribution is 2.45. The molecule has 0 spiro atoms. The highest BCUT2D eigenvalue weighted by molar-refractivity contribution is 5.26. The Bertz CT molecular complexity index is 564. The molecule has 1 aliphatic carbocycles. The van der Waals surface area contributed by atoms with Crippen molar-refractivity contribution in [1.29, 1.82) is 0 Å². The van der Waals surface area contributed by atoms with Gasteiger partial charge in [-0.05, 0) is 36.5 Å². The minimum absolute atomic E-state index is 0.250. The van der Waals surface area contributed by atoms with Gasteiger partial charge in [0, 0.05) is 5.92 Å². The first-order chi connectivity index (χ1) is 9.13. The molecule has 1 fully saturated rings. The maximum Gasteiger partial charge on any atom is 0.243 e. The second kappa shape index (κ2) is 4.66. The first kappa shape index (κ1) is 12.2. The van der Waals surface area contributed by atoms with E-state index < -0.39 is 0 Å². The zero-order valence-electron chi connectivity index (χ0n) is 10.8. The van der Waals surface area contributed by atoms with Crippen molar-refractivity contribution in [3.63, 3.8) is 0 Å². The molecular weight excluding hydrogens is 242 g/mol. The van der Waals surface area contributed by atoms with Gasteiger partial charge in [-0.2, -0.15) is 4.98 Å². The summed E-state index contributed by atoms with van der Waals surface area (Å²) in [7, 11) is 0. The zero-order chi connectivity index (χ0) is 13.4. The summed E-state index contributed by atoms with van der Waals surface area (Å²) in [6.07, 6.45) is 1.74. The minimum Gasteiger partial charge on any atom is -0.508 e. The second-order valence-corrected chi connectivity index (χ2v) is 5.29.